The van der Waals surface area contributed by atoms with E-state index in [1.54, 1.807) is 6.07 Å². The van der Waals surface area contributed by atoms with Crippen molar-refractivity contribution in [1.29, 1.82) is 5.26 Å². The minimum absolute atomic E-state index is 0.0278. The van der Waals surface area contributed by atoms with Crippen LogP contribution in [-0.4, -0.2) is 23.9 Å². The Hall–Kier alpha value is -2.74. The first kappa shape index (κ1) is 31.5. The molecule has 1 N–H and O–H groups in total. The number of amides is 1. The molecule has 204 valence electrons. The van der Waals surface area contributed by atoms with Crippen LogP contribution in [0.4, 0.5) is 26.3 Å². The van der Waals surface area contributed by atoms with Gasteiger partial charge in [-0.15, -0.1) is 0 Å². The highest BCUT2D eigenvalue weighted by atomic mass is 35.5. The summed E-state index contributed by atoms with van der Waals surface area (Å²) in [6.07, 6.45) is -8.65. The zero-order valence-corrected chi connectivity index (χ0v) is 21.8. The summed E-state index contributed by atoms with van der Waals surface area (Å²) in [6.45, 7) is 1.42. The molecule has 13 heteroatoms. The highest BCUT2D eigenvalue weighted by Crippen LogP contribution is 2.41. The van der Waals surface area contributed by atoms with Crippen LogP contribution < -0.4 is 5.32 Å². The van der Waals surface area contributed by atoms with Gasteiger partial charge in [0, 0.05) is 25.3 Å². The van der Waals surface area contributed by atoms with E-state index >= 15 is 0 Å². The zero-order valence-electron chi connectivity index (χ0n) is 19.5. The van der Waals surface area contributed by atoms with Gasteiger partial charge in [0.15, 0.2) is 0 Å². The number of halogens is 9. The Balaban J connectivity index is 2.37. The first-order valence-corrected chi connectivity index (χ1v) is 12.0. The number of alkyl halides is 6. The van der Waals surface area contributed by atoms with E-state index in [4.69, 9.17) is 40.1 Å². The van der Waals surface area contributed by atoms with Gasteiger partial charge in [0.2, 0.25) is 0 Å². The Morgan fingerprint density at radius 1 is 1.05 bits per heavy atom. The normalized spacial score (nSPS) is 13.7. The Bertz CT molecular complexity index is 1250. The van der Waals surface area contributed by atoms with Crippen molar-refractivity contribution in [3.8, 4) is 6.07 Å². The fraction of sp³-hybridized carbons (Fsp3) is 0.320. The highest BCUT2D eigenvalue weighted by molar-refractivity contribution is 6.48. The zero-order chi connectivity index (χ0) is 28.8. The predicted octanol–water partition coefficient (Wildman–Crippen LogP) is 8.41. The number of carbonyl (C=O) groups is 2. The molecule has 2 rings (SSSR count). The molecule has 0 spiro atoms. The van der Waals surface area contributed by atoms with Crippen LogP contribution in [0.2, 0.25) is 15.1 Å². The van der Waals surface area contributed by atoms with Crippen LogP contribution in [0.5, 0.6) is 0 Å². The summed E-state index contributed by atoms with van der Waals surface area (Å²) >= 11 is 17.5. The van der Waals surface area contributed by atoms with Gasteiger partial charge >= 0.3 is 12.4 Å². The van der Waals surface area contributed by atoms with E-state index in [0.717, 1.165) is 30.3 Å². The van der Waals surface area contributed by atoms with E-state index in [2.05, 4.69) is 5.32 Å². The number of hydrogen-bond acceptors (Lipinski definition) is 3. The number of benzene rings is 2. The Kier molecular flexibility index (Phi) is 10.7. The smallest absolute Gasteiger partial charge is 0.349 e. The molecule has 4 nitrogen and oxygen atoms in total. The Morgan fingerprint density at radius 3 is 2.18 bits per heavy atom. The molecular formula is C25H19Cl3F6N2O2. The van der Waals surface area contributed by atoms with Crippen molar-refractivity contribution >= 4 is 52.6 Å². The standard InChI is InChI=1S/C25H19Cl3F6N2O2/c1-13(9-16(37)3-2-8-35)36-23(38)17-6-4-14(10-19(17)25(32,33)34)5-7-18(24(29,30)31)15-11-20(26)22(28)21(27)12-15/h4-7,10-13,18H,2-3,9H2,1H3,(H,36,38)/b7-5+/t13-,18?/m1/s1. The van der Waals surface area contributed by atoms with Crippen LogP contribution in [0.25, 0.3) is 6.08 Å². The van der Waals surface area contributed by atoms with Crippen molar-refractivity contribution in [2.75, 3.05) is 0 Å². The lowest BCUT2D eigenvalue weighted by Gasteiger charge is -2.19. The van der Waals surface area contributed by atoms with Crippen molar-refractivity contribution in [1.82, 2.24) is 5.32 Å². The van der Waals surface area contributed by atoms with E-state index < -0.39 is 41.3 Å². The Morgan fingerprint density at radius 2 is 1.66 bits per heavy atom. The summed E-state index contributed by atoms with van der Waals surface area (Å²) < 4.78 is 82.5. The molecule has 0 aromatic heterocycles. The number of hydrogen-bond donors (Lipinski definition) is 1. The van der Waals surface area contributed by atoms with E-state index in [-0.39, 0.29) is 51.2 Å². The number of allylic oxidation sites excluding steroid dienone is 1. The van der Waals surface area contributed by atoms with Crippen LogP contribution in [0, 0.1) is 11.3 Å². The van der Waals surface area contributed by atoms with Crippen molar-refractivity contribution in [3.05, 3.63) is 73.7 Å². The topological polar surface area (TPSA) is 70.0 Å². The summed E-state index contributed by atoms with van der Waals surface area (Å²) in [7, 11) is 0. The molecule has 0 fully saturated rings. The number of ketones is 1. The van der Waals surface area contributed by atoms with Gasteiger partial charge in [-0.3, -0.25) is 9.59 Å². The molecule has 2 aromatic carbocycles. The van der Waals surface area contributed by atoms with E-state index in [9.17, 15) is 35.9 Å². The number of nitriles is 1. The van der Waals surface area contributed by atoms with Crippen molar-refractivity contribution in [3.63, 3.8) is 0 Å². The monoisotopic (exact) mass is 598 g/mol. The van der Waals surface area contributed by atoms with E-state index in [1.807, 2.05) is 0 Å². The Labute approximate surface area is 229 Å². The SMILES string of the molecule is C[C@H](CC(=O)CCC#N)NC(=O)c1ccc(/C=C/C(c2cc(Cl)c(Cl)c(Cl)c2)C(F)(F)F)cc1C(F)(F)F. The van der Waals surface area contributed by atoms with Crippen molar-refractivity contribution in [2.45, 2.75) is 50.5 Å². The first-order valence-electron chi connectivity index (χ1n) is 10.8. The number of Topliss-reactive ketones (excluding diaryl/α,β-unsaturated/α-hetero) is 1. The first-order chi connectivity index (χ1) is 17.5. The average molecular weight is 600 g/mol. The molecule has 0 saturated carbocycles. The summed E-state index contributed by atoms with van der Waals surface area (Å²) in [6, 6.07) is 5.32. The van der Waals surface area contributed by atoms with Gasteiger partial charge < -0.3 is 5.32 Å². The molecular weight excluding hydrogens is 581 g/mol. The third-order valence-corrected chi connectivity index (χ3v) is 6.42. The second kappa shape index (κ2) is 12.9. The van der Waals surface area contributed by atoms with Gasteiger partial charge in [-0.1, -0.05) is 53.0 Å². The van der Waals surface area contributed by atoms with Crippen LogP contribution in [0.15, 0.2) is 36.4 Å². The minimum atomic E-state index is -5.01. The molecule has 0 saturated heterocycles. The van der Waals surface area contributed by atoms with Gasteiger partial charge in [-0.05, 0) is 42.3 Å². The largest absolute Gasteiger partial charge is 0.417 e. The fourth-order valence-corrected chi connectivity index (χ4v) is 4.07. The number of nitrogens with one attached hydrogen (secondary N) is 1. The molecule has 1 unspecified atom stereocenters. The second-order valence-corrected chi connectivity index (χ2v) is 9.45. The molecule has 0 aliphatic rings. The molecule has 0 aliphatic heterocycles. The molecule has 0 aliphatic carbocycles. The fourth-order valence-electron chi connectivity index (χ4n) is 3.46. The second-order valence-electron chi connectivity index (χ2n) is 8.26. The van der Waals surface area contributed by atoms with Crippen LogP contribution in [0.1, 0.15) is 59.2 Å². The number of nitrogens with zero attached hydrogens (tertiary/aromatic N) is 1. The summed E-state index contributed by atoms with van der Waals surface area (Å²) in [4.78, 5) is 24.3. The minimum Gasteiger partial charge on any atom is -0.349 e. The van der Waals surface area contributed by atoms with E-state index in [1.165, 1.54) is 6.92 Å². The summed E-state index contributed by atoms with van der Waals surface area (Å²) in [5.41, 5.74) is -2.77. The molecule has 0 bridgehead atoms. The van der Waals surface area contributed by atoms with Gasteiger partial charge in [0.05, 0.1) is 38.2 Å². The molecule has 38 heavy (non-hydrogen) atoms. The lowest BCUT2D eigenvalue weighted by molar-refractivity contribution is -0.139. The molecule has 2 aromatic rings. The molecule has 0 heterocycles. The number of carbonyl (C=O) groups excluding carboxylic acids is 2. The third-order valence-electron chi connectivity index (χ3n) is 5.22. The predicted molar refractivity (Wildman–Crippen MR) is 132 cm³/mol. The molecule has 0 radical (unpaired) electrons. The maximum absolute atomic E-state index is 13.7. The van der Waals surface area contributed by atoms with E-state index in [0.29, 0.717) is 12.1 Å². The number of rotatable bonds is 9. The lowest BCUT2D eigenvalue weighted by Crippen LogP contribution is -2.35. The summed E-state index contributed by atoms with van der Waals surface area (Å²) in [5, 5.41) is 10.2. The van der Waals surface area contributed by atoms with Gasteiger partial charge in [-0.25, -0.2) is 0 Å². The maximum atomic E-state index is 13.7. The lowest BCUT2D eigenvalue weighted by atomic mass is 9.96. The molecule has 1 amide bonds. The van der Waals surface area contributed by atoms with Crippen LogP contribution >= 0.6 is 34.8 Å². The van der Waals surface area contributed by atoms with Gasteiger partial charge in [-0.2, -0.15) is 31.6 Å². The van der Waals surface area contributed by atoms with Gasteiger partial charge in [0.25, 0.3) is 5.91 Å². The third kappa shape index (κ3) is 8.65. The van der Waals surface area contributed by atoms with Crippen LogP contribution in [0.3, 0.4) is 0 Å². The van der Waals surface area contributed by atoms with Crippen molar-refractivity contribution in [2.24, 2.45) is 0 Å². The maximum Gasteiger partial charge on any atom is 0.417 e. The van der Waals surface area contributed by atoms with Gasteiger partial charge in [0.1, 0.15) is 5.78 Å². The highest BCUT2D eigenvalue weighted by Gasteiger charge is 2.40. The van der Waals surface area contributed by atoms with Crippen LogP contribution in [-0.2, 0) is 11.0 Å². The summed E-state index contributed by atoms with van der Waals surface area (Å²) in [5.74, 6) is -3.74. The average Bonchev–Trinajstić information content (AvgIpc) is 2.79. The van der Waals surface area contributed by atoms with Crippen molar-refractivity contribution < 1.29 is 35.9 Å². The quantitative estimate of drug-likeness (QED) is 0.232. The molecule has 2 atom stereocenters.